The fraction of sp³-hybridized carbons (Fsp3) is 0.250. The van der Waals surface area contributed by atoms with Crippen molar-refractivity contribution >= 4 is 11.8 Å². The Kier molecular flexibility index (Phi) is 8.54. The topological polar surface area (TPSA) is 18.5 Å². The molecule has 0 aliphatic heterocycles. The molecule has 0 amide bonds. The standard InChI is InChI=1S/C32H34O2S/c1-5-9-29-27(23-15-19-25(33-3)20-16-23)11-7-13-31(29)35-32-14-8-12-28(30(32)10-6-2)24-17-21-26(34-4)22-18-24/h7-8,11-22H,5-6,9-10H2,1-4H3. The molecule has 0 unspecified atom stereocenters. The zero-order valence-electron chi connectivity index (χ0n) is 21.1. The highest BCUT2D eigenvalue weighted by molar-refractivity contribution is 7.99. The SMILES string of the molecule is CCCc1c(Sc2cccc(-c3ccc(OC)cc3)c2CCC)cccc1-c1ccc(OC)cc1. The molecule has 3 heteroatoms. The van der Waals surface area contributed by atoms with Crippen LogP contribution in [-0.2, 0) is 12.8 Å². The van der Waals surface area contributed by atoms with Gasteiger partial charge in [0.1, 0.15) is 11.5 Å². The van der Waals surface area contributed by atoms with Crippen LogP contribution in [0, 0.1) is 0 Å². The van der Waals surface area contributed by atoms with Crippen LogP contribution >= 0.6 is 11.8 Å². The lowest BCUT2D eigenvalue weighted by atomic mass is 9.96. The summed E-state index contributed by atoms with van der Waals surface area (Å²) in [6.07, 6.45) is 4.31. The first-order valence-corrected chi connectivity index (χ1v) is 13.2. The van der Waals surface area contributed by atoms with Gasteiger partial charge in [0, 0.05) is 9.79 Å². The third-order valence-corrected chi connectivity index (χ3v) is 7.49. The molecule has 0 heterocycles. The Morgan fingerprint density at radius 1 is 0.543 bits per heavy atom. The van der Waals surface area contributed by atoms with Gasteiger partial charge in [-0.3, -0.25) is 0 Å². The summed E-state index contributed by atoms with van der Waals surface area (Å²) in [5.41, 5.74) is 7.92. The molecule has 2 nitrogen and oxygen atoms in total. The molecule has 4 aromatic rings. The van der Waals surface area contributed by atoms with Crippen molar-refractivity contribution in [2.24, 2.45) is 0 Å². The van der Waals surface area contributed by atoms with Gasteiger partial charge in [-0.25, -0.2) is 0 Å². The van der Waals surface area contributed by atoms with Crippen LogP contribution in [0.5, 0.6) is 11.5 Å². The summed E-state index contributed by atoms with van der Waals surface area (Å²) in [6, 6.07) is 30.2. The Hall–Kier alpha value is -3.17. The Balaban J connectivity index is 1.76. The number of ether oxygens (including phenoxy) is 2. The van der Waals surface area contributed by atoms with Gasteiger partial charge in [0.2, 0.25) is 0 Å². The number of rotatable bonds is 10. The molecule has 0 saturated heterocycles. The maximum atomic E-state index is 5.37. The normalized spacial score (nSPS) is 10.9. The highest BCUT2D eigenvalue weighted by atomic mass is 32.2. The monoisotopic (exact) mass is 482 g/mol. The van der Waals surface area contributed by atoms with Crippen molar-refractivity contribution in [1.82, 2.24) is 0 Å². The minimum absolute atomic E-state index is 0.885. The van der Waals surface area contributed by atoms with E-state index in [0.717, 1.165) is 37.2 Å². The van der Waals surface area contributed by atoms with Gasteiger partial charge in [0.05, 0.1) is 14.2 Å². The number of hydrogen-bond acceptors (Lipinski definition) is 3. The van der Waals surface area contributed by atoms with Crippen LogP contribution in [0.3, 0.4) is 0 Å². The first kappa shape index (κ1) is 24.9. The Labute approximate surface area is 214 Å². The van der Waals surface area contributed by atoms with Gasteiger partial charge in [-0.05, 0) is 82.6 Å². The molecule has 0 saturated carbocycles. The molecular weight excluding hydrogens is 448 g/mol. The molecule has 0 bridgehead atoms. The van der Waals surface area contributed by atoms with Crippen molar-refractivity contribution in [1.29, 1.82) is 0 Å². The predicted molar refractivity (Wildman–Crippen MR) is 149 cm³/mol. The molecular formula is C32H34O2S. The van der Waals surface area contributed by atoms with Gasteiger partial charge in [-0.2, -0.15) is 0 Å². The van der Waals surface area contributed by atoms with Crippen molar-refractivity contribution in [3.63, 3.8) is 0 Å². The van der Waals surface area contributed by atoms with Gasteiger partial charge in [-0.15, -0.1) is 0 Å². The second kappa shape index (κ2) is 12.0. The quantitative estimate of drug-likeness (QED) is 0.224. The van der Waals surface area contributed by atoms with E-state index in [0.29, 0.717) is 0 Å². The molecule has 0 aromatic heterocycles. The van der Waals surface area contributed by atoms with Gasteiger partial charge in [0.25, 0.3) is 0 Å². The van der Waals surface area contributed by atoms with Crippen LogP contribution in [0.15, 0.2) is 94.7 Å². The van der Waals surface area contributed by atoms with Crippen molar-refractivity contribution in [2.45, 2.75) is 49.3 Å². The summed E-state index contributed by atoms with van der Waals surface area (Å²) in [5, 5.41) is 0. The highest BCUT2D eigenvalue weighted by Crippen LogP contribution is 2.41. The molecule has 0 aliphatic rings. The maximum Gasteiger partial charge on any atom is 0.118 e. The first-order chi connectivity index (χ1) is 17.2. The summed E-state index contributed by atoms with van der Waals surface area (Å²) < 4.78 is 10.7. The van der Waals surface area contributed by atoms with Gasteiger partial charge in [-0.1, -0.05) is 87.0 Å². The van der Waals surface area contributed by atoms with E-state index >= 15 is 0 Å². The molecule has 4 rings (SSSR count). The smallest absolute Gasteiger partial charge is 0.118 e. The minimum atomic E-state index is 0.885. The van der Waals surface area contributed by atoms with E-state index in [1.165, 1.54) is 43.2 Å². The Morgan fingerprint density at radius 2 is 0.943 bits per heavy atom. The maximum absolute atomic E-state index is 5.37. The molecule has 0 radical (unpaired) electrons. The molecule has 0 spiro atoms. The lowest BCUT2D eigenvalue weighted by molar-refractivity contribution is 0.415. The largest absolute Gasteiger partial charge is 0.497 e. The summed E-state index contributed by atoms with van der Waals surface area (Å²) in [4.78, 5) is 2.67. The molecule has 4 aromatic carbocycles. The first-order valence-electron chi connectivity index (χ1n) is 12.4. The second-order valence-corrected chi connectivity index (χ2v) is 9.71. The van der Waals surface area contributed by atoms with E-state index in [2.05, 4.69) is 74.5 Å². The molecule has 0 N–H and O–H groups in total. The average molecular weight is 483 g/mol. The zero-order valence-corrected chi connectivity index (χ0v) is 22.0. The highest BCUT2D eigenvalue weighted by Gasteiger charge is 2.15. The minimum Gasteiger partial charge on any atom is -0.497 e. The van der Waals surface area contributed by atoms with Crippen LogP contribution in [0.1, 0.15) is 37.8 Å². The molecule has 35 heavy (non-hydrogen) atoms. The predicted octanol–water partition coefficient (Wildman–Crippen LogP) is 9.09. The lowest BCUT2D eigenvalue weighted by Crippen LogP contribution is -1.96. The molecule has 180 valence electrons. The van der Waals surface area contributed by atoms with Crippen molar-refractivity contribution in [2.75, 3.05) is 14.2 Å². The molecule has 0 atom stereocenters. The van der Waals surface area contributed by atoms with E-state index in [9.17, 15) is 0 Å². The van der Waals surface area contributed by atoms with Crippen molar-refractivity contribution in [3.8, 4) is 33.8 Å². The summed E-state index contributed by atoms with van der Waals surface area (Å²) in [5.74, 6) is 1.77. The zero-order chi connectivity index (χ0) is 24.6. The van der Waals surface area contributed by atoms with Crippen LogP contribution in [0.2, 0.25) is 0 Å². The number of methoxy groups -OCH3 is 2. The number of hydrogen-bond donors (Lipinski definition) is 0. The molecule has 0 aliphatic carbocycles. The van der Waals surface area contributed by atoms with E-state index in [1.807, 2.05) is 36.0 Å². The number of benzene rings is 4. The lowest BCUT2D eigenvalue weighted by Gasteiger charge is -2.18. The van der Waals surface area contributed by atoms with E-state index in [-0.39, 0.29) is 0 Å². The third-order valence-electron chi connectivity index (χ3n) is 6.29. The van der Waals surface area contributed by atoms with Gasteiger partial charge >= 0.3 is 0 Å². The van der Waals surface area contributed by atoms with Crippen LogP contribution in [0.25, 0.3) is 22.3 Å². The van der Waals surface area contributed by atoms with Gasteiger partial charge in [0.15, 0.2) is 0 Å². The third kappa shape index (κ3) is 5.74. The van der Waals surface area contributed by atoms with Crippen LogP contribution < -0.4 is 9.47 Å². The van der Waals surface area contributed by atoms with Gasteiger partial charge < -0.3 is 9.47 Å². The fourth-order valence-corrected chi connectivity index (χ4v) is 5.74. The van der Waals surface area contributed by atoms with Crippen LogP contribution in [-0.4, -0.2) is 14.2 Å². The summed E-state index contributed by atoms with van der Waals surface area (Å²) in [7, 11) is 3.42. The molecule has 0 fully saturated rings. The second-order valence-electron chi connectivity index (χ2n) is 8.62. The average Bonchev–Trinajstić information content (AvgIpc) is 2.91. The van der Waals surface area contributed by atoms with Crippen molar-refractivity contribution in [3.05, 3.63) is 96.1 Å². The summed E-state index contributed by atoms with van der Waals surface area (Å²) >= 11 is 1.90. The van der Waals surface area contributed by atoms with E-state index in [1.54, 1.807) is 14.2 Å². The summed E-state index contributed by atoms with van der Waals surface area (Å²) in [6.45, 7) is 4.51. The van der Waals surface area contributed by atoms with E-state index < -0.39 is 0 Å². The Bertz CT molecular complexity index is 1140. The fourth-order valence-electron chi connectivity index (χ4n) is 4.54. The van der Waals surface area contributed by atoms with Crippen molar-refractivity contribution < 1.29 is 9.47 Å². The van der Waals surface area contributed by atoms with Crippen LogP contribution in [0.4, 0.5) is 0 Å². The van der Waals surface area contributed by atoms with E-state index in [4.69, 9.17) is 9.47 Å². The Morgan fingerprint density at radius 3 is 1.29 bits per heavy atom.